The van der Waals surface area contributed by atoms with Crippen LogP contribution in [0.15, 0.2) is 24.3 Å². The van der Waals surface area contributed by atoms with Crippen molar-refractivity contribution >= 4 is 0 Å². The minimum atomic E-state index is 0.735. The van der Waals surface area contributed by atoms with Gasteiger partial charge in [-0.15, -0.1) is 0 Å². The lowest BCUT2D eigenvalue weighted by molar-refractivity contribution is 0.125. The summed E-state index contributed by atoms with van der Waals surface area (Å²) in [6.45, 7) is 10.3. The third-order valence-corrected chi connectivity index (χ3v) is 2.94. The van der Waals surface area contributed by atoms with Gasteiger partial charge in [-0.3, -0.25) is 0 Å². The molecular formula is C16H27NO. The van der Waals surface area contributed by atoms with E-state index in [0.29, 0.717) is 0 Å². The highest BCUT2D eigenvalue weighted by Crippen LogP contribution is 2.03. The molecule has 0 aliphatic carbocycles. The molecule has 0 unspecified atom stereocenters. The van der Waals surface area contributed by atoms with Crippen molar-refractivity contribution in [2.45, 2.75) is 33.6 Å². The highest BCUT2D eigenvalue weighted by atomic mass is 16.5. The van der Waals surface area contributed by atoms with Gasteiger partial charge < -0.3 is 10.1 Å². The molecule has 0 amide bonds. The molecule has 0 atom stereocenters. The number of nitrogens with one attached hydrogen (secondary N) is 1. The number of aryl methyl sites for hydroxylation is 1. The van der Waals surface area contributed by atoms with Crippen molar-refractivity contribution in [3.8, 4) is 0 Å². The van der Waals surface area contributed by atoms with E-state index in [1.807, 2.05) is 0 Å². The molecule has 102 valence electrons. The molecule has 0 aliphatic heterocycles. The summed E-state index contributed by atoms with van der Waals surface area (Å²) in [5, 5.41) is 3.42. The van der Waals surface area contributed by atoms with E-state index < -0.39 is 0 Å². The highest BCUT2D eigenvalue weighted by Gasteiger charge is 1.95. The molecule has 0 radical (unpaired) electrons. The van der Waals surface area contributed by atoms with Crippen LogP contribution in [0.25, 0.3) is 0 Å². The molecule has 0 spiro atoms. The summed E-state index contributed by atoms with van der Waals surface area (Å²) in [7, 11) is 0. The largest absolute Gasteiger partial charge is 0.380 e. The quantitative estimate of drug-likeness (QED) is 0.679. The summed E-state index contributed by atoms with van der Waals surface area (Å²) in [5.74, 6) is 0.735. The normalized spacial score (nSPS) is 11.1. The second kappa shape index (κ2) is 9.12. The summed E-state index contributed by atoms with van der Waals surface area (Å²) in [4.78, 5) is 0. The Balaban J connectivity index is 1.96. The smallest absolute Gasteiger partial charge is 0.0590 e. The molecule has 0 bridgehead atoms. The predicted molar refractivity (Wildman–Crippen MR) is 78.0 cm³/mol. The summed E-state index contributed by atoms with van der Waals surface area (Å²) in [5.41, 5.74) is 2.74. The molecule has 1 N–H and O–H groups in total. The molecule has 0 fully saturated rings. The van der Waals surface area contributed by atoms with Gasteiger partial charge in [0.25, 0.3) is 0 Å². The third kappa shape index (κ3) is 7.46. The molecular weight excluding hydrogens is 222 g/mol. The summed E-state index contributed by atoms with van der Waals surface area (Å²) >= 11 is 0. The SMILES string of the molecule is Cc1cccc(CCNCCOCCC(C)C)c1. The van der Waals surface area contributed by atoms with Gasteiger partial charge in [-0.1, -0.05) is 43.7 Å². The summed E-state index contributed by atoms with van der Waals surface area (Å²) < 4.78 is 5.55. The van der Waals surface area contributed by atoms with Gasteiger partial charge in [-0.2, -0.15) is 0 Å². The number of rotatable bonds is 9. The lowest BCUT2D eigenvalue weighted by Crippen LogP contribution is -2.22. The highest BCUT2D eigenvalue weighted by molar-refractivity contribution is 5.22. The van der Waals surface area contributed by atoms with Gasteiger partial charge >= 0.3 is 0 Å². The van der Waals surface area contributed by atoms with E-state index in [2.05, 4.69) is 50.4 Å². The average molecular weight is 249 g/mol. The van der Waals surface area contributed by atoms with Gasteiger partial charge in [0, 0.05) is 13.2 Å². The van der Waals surface area contributed by atoms with Crippen LogP contribution in [0.3, 0.4) is 0 Å². The first-order chi connectivity index (χ1) is 8.68. The second-order valence-corrected chi connectivity index (χ2v) is 5.28. The molecule has 2 heteroatoms. The van der Waals surface area contributed by atoms with E-state index in [-0.39, 0.29) is 0 Å². The Morgan fingerprint density at radius 1 is 1.17 bits per heavy atom. The van der Waals surface area contributed by atoms with E-state index in [1.165, 1.54) is 11.1 Å². The van der Waals surface area contributed by atoms with Crippen LogP contribution < -0.4 is 5.32 Å². The first-order valence-corrected chi connectivity index (χ1v) is 7.02. The van der Waals surface area contributed by atoms with Gasteiger partial charge in [0.15, 0.2) is 0 Å². The zero-order valence-corrected chi connectivity index (χ0v) is 12.0. The Morgan fingerprint density at radius 2 is 2.00 bits per heavy atom. The number of benzene rings is 1. The summed E-state index contributed by atoms with van der Waals surface area (Å²) in [6.07, 6.45) is 2.25. The van der Waals surface area contributed by atoms with Crippen molar-refractivity contribution in [3.05, 3.63) is 35.4 Å². The molecule has 0 aromatic heterocycles. The van der Waals surface area contributed by atoms with E-state index >= 15 is 0 Å². The topological polar surface area (TPSA) is 21.3 Å². The first-order valence-electron chi connectivity index (χ1n) is 7.02. The molecule has 0 saturated carbocycles. The van der Waals surface area contributed by atoms with Gasteiger partial charge in [0.05, 0.1) is 6.61 Å². The molecule has 2 nitrogen and oxygen atoms in total. The van der Waals surface area contributed by atoms with Crippen LogP contribution in [-0.2, 0) is 11.2 Å². The average Bonchev–Trinajstić information content (AvgIpc) is 2.32. The van der Waals surface area contributed by atoms with Crippen LogP contribution in [0.2, 0.25) is 0 Å². The zero-order chi connectivity index (χ0) is 13.2. The fraction of sp³-hybridized carbons (Fsp3) is 0.625. The Hall–Kier alpha value is -0.860. The molecule has 0 saturated heterocycles. The summed E-state index contributed by atoms with van der Waals surface area (Å²) in [6, 6.07) is 8.70. The lowest BCUT2D eigenvalue weighted by atomic mass is 10.1. The second-order valence-electron chi connectivity index (χ2n) is 5.28. The maximum absolute atomic E-state index is 5.55. The van der Waals surface area contributed by atoms with Crippen molar-refractivity contribution in [2.24, 2.45) is 5.92 Å². The Kier molecular flexibility index (Phi) is 7.70. The predicted octanol–water partition coefficient (Wildman–Crippen LogP) is 3.19. The van der Waals surface area contributed by atoms with Crippen molar-refractivity contribution < 1.29 is 4.74 Å². The molecule has 1 aromatic rings. The van der Waals surface area contributed by atoms with Crippen LogP contribution in [0.5, 0.6) is 0 Å². The fourth-order valence-corrected chi connectivity index (χ4v) is 1.79. The maximum Gasteiger partial charge on any atom is 0.0590 e. The Morgan fingerprint density at radius 3 is 2.72 bits per heavy atom. The van der Waals surface area contributed by atoms with Crippen LogP contribution in [0.4, 0.5) is 0 Å². The van der Waals surface area contributed by atoms with Gasteiger partial charge in [0.1, 0.15) is 0 Å². The van der Waals surface area contributed by atoms with Crippen LogP contribution in [0.1, 0.15) is 31.4 Å². The van der Waals surface area contributed by atoms with E-state index in [0.717, 1.165) is 45.1 Å². The zero-order valence-electron chi connectivity index (χ0n) is 12.0. The fourth-order valence-electron chi connectivity index (χ4n) is 1.79. The molecule has 0 heterocycles. The van der Waals surface area contributed by atoms with Crippen LogP contribution >= 0.6 is 0 Å². The van der Waals surface area contributed by atoms with Crippen molar-refractivity contribution in [1.29, 1.82) is 0 Å². The Labute approximate surface area is 112 Å². The van der Waals surface area contributed by atoms with E-state index in [9.17, 15) is 0 Å². The molecule has 1 aromatic carbocycles. The van der Waals surface area contributed by atoms with Gasteiger partial charge in [-0.25, -0.2) is 0 Å². The molecule has 1 rings (SSSR count). The van der Waals surface area contributed by atoms with Gasteiger partial charge in [0.2, 0.25) is 0 Å². The monoisotopic (exact) mass is 249 g/mol. The molecule has 0 aliphatic rings. The van der Waals surface area contributed by atoms with Gasteiger partial charge in [-0.05, 0) is 37.8 Å². The van der Waals surface area contributed by atoms with E-state index in [4.69, 9.17) is 4.74 Å². The minimum absolute atomic E-state index is 0.735. The third-order valence-electron chi connectivity index (χ3n) is 2.94. The minimum Gasteiger partial charge on any atom is -0.380 e. The molecule has 18 heavy (non-hydrogen) atoms. The number of hydrogen-bond donors (Lipinski definition) is 1. The first kappa shape index (κ1) is 15.2. The number of hydrogen-bond acceptors (Lipinski definition) is 2. The van der Waals surface area contributed by atoms with Crippen molar-refractivity contribution in [2.75, 3.05) is 26.3 Å². The number of ether oxygens (including phenoxy) is 1. The van der Waals surface area contributed by atoms with Crippen LogP contribution in [0, 0.1) is 12.8 Å². The lowest BCUT2D eigenvalue weighted by Gasteiger charge is -2.08. The standard InChI is InChI=1S/C16H27NO/c1-14(2)8-11-18-12-10-17-9-7-16-6-4-5-15(3)13-16/h4-6,13-14,17H,7-12H2,1-3H3. The van der Waals surface area contributed by atoms with Crippen molar-refractivity contribution in [3.63, 3.8) is 0 Å². The van der Waals surface area contributed by atoms with Crippen LogP contribution in [-0.4, -0.2) is 26.3 Å². The maximum atomic E-state index is 5.55. The van der Waals surface area contributed by atoms with E-state index in [1.54, 1.807) is 0 Å². The van der Waals surface area contributed by atoms with Crippen molar-refractivity contribution in [1.82, 2.24) is 5.32 Å². The Bertz CT molecular complexity index is 323.